The summed E-state index contributed by atoms with van der Waals surface area (Å²) in [5.41, 5.74) is 7.35. The first-order valence-corrected chi connectivity index (χ1v) is 10.2. The Kier molecular flexibility index (Phi) is 5.39. The second kappa shape index (κ2) is 8.12. The molecular weight excluding hydrogens is 356 g/mol. The Hall–Kier alpha value is -3.07. The van der Waals surface area contributed by atoms with E-state index in [4.69, 9.17) is 9.72 Å². The third-order valence-corrected chi connectivity index (χ3v) is 5.48. The number of aryl methyl sites for hydroxylation is 2. The summed E-state index contributed by atoms with van der Waals surface area (Å²) < 4.78 is 8.38. The molecule has 3 aromatic carbocycles. The van der Waals surface area contributed by atoms with Crippen LogP contribution in [0.5, 0.6) is 5.75 Å². The molecule has 4 aromatic rings. The number of imidazole rings is 1. The first-order chi connectivity index (χ1) is 14.0. The lowest BCUT2D eigenvalue weighted by Gasteiger charge is -2.13. The molecule has 0 N–H and O–H groups in total. The maximum absolute atomic E-state index is 6.11. The zero-order valence-electron chi connectivity index (χ0n) is 17.6. The lowest BCUT2D eigenvalue weighted by Crippen LogP contribution is -2.09. The maximum atomic E-state index is 6.11. The van der Waals surface area contributed by atoms with E-state index in [0.29, 0.717) is 12.5 Å². The summed E-state index contributed by atoms with van der Waals surface area (Å²) in [7, 11) is 0. The van der Waals surface area contributed by atoms with Gasteiger partial charge >= 0.3 is 0 Å². The summed E-state index contributed by atoms with van der Waals surface area (Å²) in [6.07, 6.45) is 0. The fourth-order valence-electron chi connectivity index (χ4n) is 3.65. The maximum Gasteiger partial charge on any atom is 0.148 e. The summed E-state index contributed by atoms with van der Waals surface area (Å²) in [6.45, 7) is 9.94. The van der Waals surface area contributed by atoms with Crippen LogP contribution in [-0.4, -0.2) is 9.55 Å². The van der Waals surface area contributed by atoms with Crippen molar-refractivity contribution in [1.29, 1.82) is 0 Å². The zero-order chi connectivity index (χ0) is 20.4. The smallest absolute Gasteiger partial charge is 0.148 e. The molecule has 0 radical (unpaired) electrons. The van der Waals surface area contributed by atoms with Gasteiger partial charge in [0.15, 0.2) is 0 Å². The molecule has 0 atom stereocenters. The Balaban J connectivity index is 1.63. The molecule has 3 nitrogen and oxygen atoms in total. The highest BCUT2D eigenvalue weighted by Crippen LogP contribution is 2.23. The molecule has 0 saturated heterocycles. The monoisotopic (exact) mass is 384 g/mol. The Morgan fingerprint density at radius 2 is 1.69 bits per heavy atom. The number of benzene rings is 3. The first-order valence-electron chi connectivity index (χ1n) is 10.2. The average molecular weight is 385 g/mol. The largest absolute Gasteiger partial charge is 0.486 e. The van der Waals surface area contributed by atoms with Gasteiger partial charge in [-0.2, -0.15) is 0 Å². The van der Waals surface area contributed by atoms with Crippen LogP contribution in [0.2, 0.25) is 0 Å². The van der Waals surface area contributed by atoms with Gasteiger partial charge in [-0.05, 0) is 60.7 Å². The highest BCUT2D eigenvalue weighted by molar-refractivity contribution is 5.76. The van der Waals surface area contributed by atoms with Gasteiger partial charge in [0.05, 0.1) is 11.0 Å². The highest BCUT2D eigenvalue weighted by Gasteiger charge is 2.13. The molecule has 0 spiro atoms. The average Bonchev–Trinajstić information content (AvgIpc) is 3.07. The molecule has 0 unspecified atom stereocenters. The normalized spacial score (nSPS) is 11.3. The minimum Gasteiger partial charge on any atom is -0.486 e. The minimum atomic E-state index is 0.445. The number of fused-ring (bicyclic) bond motifs is 1. The van der Waals surface area contributed by atoms with Crippen molar-refractivity contribution in [3.05, 3.63) is 94.8 Å². The SMILES string of the molecule is Cc1ccc(C)c(Cn2c(COc3ccc(C(C)C)cc3)nc3ccccc32)c1. The third kappa shape index (κ3) is 4.19. The second-order valence-corrected chi connectivity index (χ2v) is 8.05. The second-order valence-electron chi connectivity index (χ2n) is 8.05. The number of nitrogens with zero attached hydrogens (tertiary/aromatic N) is 2. The fraction of sp³-hybridized carbons (Fsp3) is 0.269. The van der Waals surface area contributed by atoms with Gasteiger partial charge in [-0.25, -0.2) is 4.98 Å². The van der Waals surface area contributed by atoms with E-state index in [-0.39, 0.29) is 0 Å². The number of ether oxygens (including phenoxy) is 1. The number of hydrogen-bond acceptors (Lipinski definition) is 2. The van der Waals surface area contributed by atoms with Crippen LogP contribution < -0.4 is 4.74 Å². The molecule has 0 aliphatic carbocycles. The van der Waals surface area contributed by atoms with E-state index in [9.17, 15) is 0 Å². The molecular formula is C26H28N2O. The lowest BCUT2D eigenvalue weighted by atomic mass is 10.0. The predicted molar refractivity (Wildman–Crippen MR) is 120 cm³/mol. The van der Waals surface area contributed by atoms with Crippen LogP contribution in [0.3, 0.4) is 0 Å². The van der Waals surface area contributed by atoms with E-state index >= 15 is 0 Å². The van der Waals surface area contributed by atoms with Crippen LogP contribution in [-0.2, 0) is 13.2 Å². The van der Waals surface area contributed by atoms with Crippen molar-refractivity contribution in [3.8, 4) is 5.75 Å². The zero-order valence-corrected chi connectivity index (χ0v) is 17.6. The van der Waals surface area contributed by atoms with Gasteiger partial charge in [-0.3, -0.25) is 0 Å². The van der Waals surface area contributed by atoms with Gasteiger partial charge in [-0.1, -0.05) is 61.9 Å². The van der Waals surface area contributed by atoms with Crippen LogP contribution in [0.25, 0.3) is 11.0 Å². The Morgan fingerprint density at radius 1 is 0.931 bits per heavy atom. The molecule has 0 aliphatic heterocycles. The summed E-state index contributed by atoms with van der Waals surface area (Å²) in [5.74, 6) is 2.34. The summed E-state index contributed by atoms with van der Waals surface area (Å²) in [6, 6.07) is 23.3. The molecule has 0 fully saturated rings. The highest BCUT2D eigenvalue weighted by atomic mass is 16.5. The van der Waals surface area contributed by atoms with Crippen molar-refractivity contribution >= 4 is 11.0 Å². The van der Waals surface area contributed by atoms with Gasteiger partial charge in [-0.15, -0.1) is 0 Å². The van der Waals surface area contributed by atoms with Crippen LogP contribution in [0.15, 0.2) is 66.7 Å². The molecule has 0 saturated carbocycles. The van der Waals surface area contributed by atoms with Crippen LogP contribution in [0.4, 0.5) is 0 Å². The molecule has 0 amide bonds. The third-order valence-electron chi connectivity index (χ3n) is 5.48. The number of para-hydroxylation sites is 2. The Morgan fingerprint density at radius 3 is 2.45 bits per heavy atom. The molecule has 1 aromatic heterocycles. The molecule has 29 heavy (non-hydrogen) atoms. The van der Waals surface area contributed by atoms with Crippen LogP contribution in [0.1, 0.15) is 47.8 Å². The van der Waals surface area contributed by atoms with Crippen molar-refractivity contribution in [3.63, 3.8) is 0 Å². The van der Waals surface area contributed by atoms with Crippen LogP contribution in [0, 0.1) is 13.8 Å². The number of aromatic nitrogens is 2. The van der Waals surface area contributed by atoms with Crippen molar-refractivity contribution < 1.29 is 4.74 Å². The van der Waals surface area contributed by atoms with Gasteiger partial charge in [0.2, 0.25) is 0 Å². The molecule has 1 heterocycles. The first kappa shape index (κ1) is 19.3. The van der Waals surface area contributed by atoms with E-state index < -0.39 is 0 Å². The van der Waals surface area contributed by atoms with Crippen molar-refractivity contribution in [2.75, 3.05) is 0 Å². The Labute approximate surface area is 173 Å². The quantitative estimate of drug-likeness (QED) is 0.384. The van der Waals surface area contributed by atoms with Gasteiger partial charge < -0.3 is 9.30 Å². The van der Waals surface area contributed by atoms with Crippen LogP contribution >= 0.6 is 0 Å². The summed E-state index contributed by atoms with van der Waals surface area (Å²) >= 11 is 0. The fourth-order valence-corrected chi connectivity index (χ4v) is 3.65. The van der Waals surface area contributed by atoms with Crippen molar-refractivity contribution in [1.82, 2.24) is 9.55 Å². The predicted octanol–water partition coefficient (Wildman–Crippen LogP) is 6.40. The summed E-state index contributed by atoms with van der Waals surface area (Å²) in [5, 5.41) is 0. The van der Waals surface area contributed by atoms with Gasteiger partial charge in [0.25, 0.3) is 0 Å². The van der Waals surface area contributed by atoms with Gasteiger partial charge in [0, 0.05) is 6.54 Å². The molecule has 4 rings (SSSR count). The Bertz CT molecular complexity index is 1120. The molecule has 0 aliphatic rings. The van der Waals surface area contributed by atoms with Crippen molar-refractivity contribution in [2.45, 2.75) is 46.8 Å². The van der Waals surface area contributed by atoms with Gasteiger partial charge in [0.1, 0.15) is 18.2 Å². The van der Waals surface area contributed by atoms with E-state index in [0.717, 1.165) is 29.2 Å². The lowest BCUT2D eigenvalue weighted by molar-refractivity contribution is 0.291. The van der Waals surface area contributed by atoms with E-state index in [2.05, 4.69) is 80.8 Å². The molecule has 148 valence electrons. The van der Waals surface area contributed by atoms with E-state index in [1.807, 2.05) is 18.2 Å². The standard InChI is InChI=1S/C26H28N2O/c1-18(2)21-11-13-23(14-12-21)29-17-26-27-24-7-5-6-8-25(24)28(26)16-22-15-19(3)9-10-20(22)4/h5-15,18H,16-17H2,1-4H3. The number of rotatable bonds is 6. The van der Waals surface area contributed by atoms with E-state index in [1.165, 1.54) is 22.3 Å². The topological polar surface area (TPSA) is 27.1 Å². The summed E-state index contributed by atoms with van der Waals surface area (Å²) in [4.78, 5) is 4.86. The molecule has 3 heteroatoms. The van der Waals surface area contributed by atoms with E-state index in [1.54, 1.807) is 0 Å². The molecule has 0 bridgehead atoms. The number of hydrogen-bond donors (Lipinski definition) is 0. The van der Waals surface area contributed by atoms with Crippen molar-refractivity contribution in [2.24, 2.45) is 0 Å². The minimum absolute atomic E-state index is 0.445.